The van der Waals surface area contributed by atoms with E-state index in [-0.39, 0.29) is 5.17 Å². The number of benzene rings is 2. The van der Waals surface area contributed by atoms with E-state index in [1.807, 2.05) is 0 Å². The zero-order chi connectivity index (χ0) is 18.8. The topological polar surface area (TPSA) is 128 Å². The van der Waals surface area contributed by atoms with Gasteiger partial charge in [-0.05, 0) is 11.1 Å². The highest BCUT2D eigenvalue weighted by Gasteiger charge is 2.39. The fourth-order valence-corrected chi connectivity index (χ4v) is 3.75. The van der Waals surface area contributed by atoms with Gasteiger partial charge in [0.25, 0.3) is 5.91 Å². The molecule has 138 valence electrons. The zero-order valence-electron chi connectivity index (χ0n) is 12.9. The van der Waals surface area contributed by atoms with E-state index >= 15 is 0 Å². The van der Waals surface area contributed by atoms with E-state index in [1.165, 1.54) is 0 Å². The molecule has 2 aromatic carbocycles. The Morgan fingerprint density at radius 2 is 1.35 bits per heavy atom. The number of nitrogens with one attached hydrogen (secondary N) is 1. The summed E-state index contributed by atoms with van der Waals surface area (Å²) in [6.07, 6.45) is 0. The third kappa shape index (κ3) is 4.24. The Kier molecular flexibility index (Phi) is 5.04. The van der Waals surface area contributed by atoms with Crippen LogP contribution in [0.1, 0.15) is 17.0 Å². The number of carbonyl (C=O) groups excluding carboxylic acids is 1. The first kappa shape index (κ1) is 18.4. The molecule has 0 aliphatic carbocycles. The minimum atomic E-state index is -5.09. The molecule has 0 radical (unpaired) electrons. The van der Waals surface area contributed by atoms with E-state index in [9.17, 15) is 21.6 Å². The lowest BCUT2D eigenvalue weighted by atomic mass is 9.91. The van der Waals surface area contributed by atoms with E-state index in [4.69, 9.17) is 0 Å². The number of hydrogen-bond acceptors (Lipinski definition) is 9. The summed E-state index contributed by atoms with van der Waals surface area (Å²) in [6.45, 7) is 0. The standard InChI is InChI=1S/C14H12N2O8S2/c17-14(16-15-22-25(18,19)24-26(20,21)23-16)13(11-7-3-1-4-8-11)12-9-5-2-6-10-12/h1-10,13,15H. The molecule has 0 spiro atoms. The van der Waals surface area contributed by atoms with Crippen molar-refractivity contribution in [1.29, 1.82) is 0 Å². The molecular weight excluding hydrogens is 388 g/mol. The highest BCUT2D eigenvalue weighted by molar-refractivity contribution is 7.95. The summed E-state index contributed by atoms with van der Waals surface area (Å²) >= 11 is 0. The van der Waals surface area contributed by atoms with Gasteiger partial charge in [-0.25, -0.2) is 0 Å². The molecule has 26 heavy (non-hydrogen) atoms. The normalized spacial score (nSPS) is 19.0. The zero-order valence-corrected chi connectivity index (χ0v) is 14.5. The molecule has 12 heteroatoms. The van der Waals surface area contributed by atoms with Crippen LogP contribution in [0.4, 0.5) is 0 Å². The molecule has 0 bridgehead atoms. The van der Waals surface area contributed by atoms with Crippen molar-refractivity contribution in [1.82, 2.24) is 10.8 Å². The fraction of sp³-hybridized carbons (Fsp3) is 0.0714. The van der Waals surface area contributed by atoms with Gasteiger partial charge in [-0.2, -0.15) is 16.8 Å². The summed E-state index contributed by atoms with van der Waals surface area (Å²) in [5.74, 6) is -1.96. The van der Waals surface area contributed by atoms with Crippen LogP contribution in [0.5, 0.6) is 0 Å². The summed E-state index contributed by atoms with van der Waals surface area (Å²) in [7, 11) is -10.1. The number of carbonyl (C=O) groups is 1. The predicted molar refractivity (Wildman–Crippen MR) is 85.8 cm³/mol. The number of amides is 1. The van der Waals surface area contributed by atoms with Crippen molar-refractivity contribution >= 4 is 26.7 Å². The molecule has 1 fully saturated rings. The Morgan fingerprint density at radius 3 is 1.85 bits per heavy atom. The highest BCUT2D eigenvalue weighted by Crippen LogP contribution is 2.27. The maximum Gasteiger partial charge on any atom is 0.438 e. The molecule has 3 rings (SSSR count). The van der Waals surface area contributed by atoms with Crippen LogP contribution in [-0.2, 0) is 37.8 Å². The molecule has 1 amide bonds. The molecule has 1 saturated heterocycles. The van der Waals surface area contributed by atoms with Gasteiger partial charge in [-0.15, -0.1) is 13.7 Å². The van der Waals surface area contributed by atoms with Crippen LogP contribution in [0, 0.1) is 0 Å². The maximum atomic E-state index is 12.9. The second kappa shape index (κ2) is 7.11. The van der Waals surface area contributed by atoms with Crippen molar-refractivity contribution in [3.63, 3.8) is 0 Å². The SMILES string of the molecule is O=C(C(c1ccccc1)c1ccccc1)N1NOS(=O)(=O)OS(=O)(=O)O1. The molecule has 0 unspecified atom stereocenters. The van der Waals surface area contributed by atoms with Crippen LogP contribution in [0.25, 0.3) is 0 Å². The molecule has 0 atom stereocenters. The first-order valence-electron chi connectivity index (χ1n) is 7.06. The summed E-state index contributed by atoms with van der Waals surface area (Å²) < 4.78 is 57.8. The lowest BCUT2D eigenvalue weighted by Crippen LogP contribution is -2.45. The summed E-state index contributed by atoms with van der Waals surface area (Å²) in [5.41, 5.74) is 2.64. The molecule has 1 aliphatic rings. The Balaban J connectivity index is 2.01. The number of nitrogens with zero attached hydrogens (tertiary/aromatic N) is 1. The fourth-order valence-electron chi connectivity index (χ4n) is 2.28. The quantitative estimate of drug-likeness (QED) is 0.784. The van der Waals surface area contributed by atoms with Gasteiger partial charge in [0.1, 0.15) is 0 Å². The second-order valence-electron chi connectivity index (χ2n) is 5.02. The van der Waals surface area contributed by atoms with Crippen molar-refractivity contribution in [2.24, 2.45) is 0 Å². The monoisotopic (exact) mass is 400 g/mol. The molecule has 0 saturated carbocycles. The van der Waals surface area contributed by atoms with Gasteiger partial charge in [-0.3, -0.25) is 4.79 Å². The van der Waals surface area contributed by atoms with Gasteiger partial charge in [0, 0.05) is 0 Å². The van der Waals surface area contributed by atoms with E-state index < -0.39 is 32.6 Å². The average molecular weight is 400 g/mol. The third-order valence-corrected chi connectivity index (χ3v) is 5.21. The van der Waals surface area contributed by atoms with E-state index in [1.54, 1.807) is 66.3 Å². The summed E-state index contributed by atoms with van der Waals surface area (Å²) in [4.78, 5) is 12.9. The van der Waals surface area contributed by atoms with Crippen molar-refractivity contribution in [3.8, 4) is 0 Å². The van der Waals surface area contributed by atoms with Gasteiger partial charge < -0.3 is 0 Å². The Morgan fingerprint density at radius 1 is 0.846 bits per heavy atom. The number of hydrazine groups is 1. The Bertz CT molecular complexity index is 954. The van der Waals surface area contributed by atoms with E-state index in [0.717, 1.165) is 0 Å². The maximum absolute atomic E-state index is 12.9. The smallest absolute Gasteiger partial charge is 0.270 e. The first-order chi connectivity index (χ1) is 12.3. The Hall–Kier alpha value is -2.35. The number of rotatable bonds is 3. The molecule has 10 nitrogen and oxygen atoms in total. The first-order valence-corrected chi connectivity index (χ1v) is 9.73. The van der Waals surface area contributed by atoms with Crippen LogP contribution in [0.2, 0.25) is 0 Å². The van der Waals surface area contributed by atoms with Gasteiger partial charge >= 0.3 is 20.8 Å². The van der Waals surface area contributed by atoms with Crippen LogP contribution < -0.4 is 5.59 Å². The number of hydroxylamine groups is 1. The second-order valence-corrected chi connectivity index (χ2v) is 7.51. The molecule has 1 heterocycles. The highest BCUT2D eigenvalue weighted by atomic mass is 32.3. The molecule has 1 N–H and O–H groups in total. The molecule has 2 aromatic rings. The minimum absolute atomic E-state index is 0.0462. The van der Waals surface area contributed by atoms with E-state index in [0.29, 0.717) is 11.1 Å². The largest absolute Gasteiger partial charge is 0.438 e. The van der Waals surface area contributed by atoms with Crippen molar-refractivity contribution in [2.75, 3.05) is 0 Å². The van der Waals surface area contributed by atoms with Crippen molar-refractivity contribution in [2.45, 2.75) is 5.92 Å². The van der Waals surface area contributed by atoms with Crippen LogP contribution >= 0.6 is 0 Å². The lowest BCUT2D eigenvalue weighted by molar-refractivity contribution is -0.193. The van der Waals surface area contributed by atoms with Gasteiger partial charge in [0.2, 0.25) is 0 Å². The minimum Gasteiger partial charge on any atom is -0.270 e. The van der Waals surface area contributed by atoms with Crippen molar-refractivity contribution < 1.29 is 33.8 Å². The lowest BCUT2D eigenvalue weighted by Gasteiger charge is -2.22. The van der Waals surface area contributed by atoms with Crippen LogP contribution in [-0.4, -0.2) is 27.9 Å². The predicted octanol–water partition coefficient (Wildman–Crippen LogP) is 0.535. The summed E-state index contributed by atoms with van der Waals surface area (Å²) in [6, 6.07) is 16.8. The molecule has 1 aliphatic heterocycles. The van der Waals surface area contributed by atoms with Gasteiger partial charge in [-0.1, -0.05) is 69.9 Å². The molecule has 0 aromatic heterocycles. The molecular formula is C14H12N2O8S2. The van der Waals surface area contributed by atoms with E-state index in [2.05, 4.69) is 12.2 Å². The summed E-state index contributed by atoms with van der Waals surface area (Å²) in [5, 5.41) is 0.0462. The number of hydrogen-bond donors (Lipinski definition) is 1. The third-order valence-electron chi connectivity index (χ3n) is 3.27. The van der Waals surface area contributed by atoms with Crippen LogP contribution in [0.15, 0.2) is 60.7 Å². The van der Waals surface area contributed by atoms with Crippen molar-refractivity contribution in [3.05, 3.63) is 71.8 Å². The van der Waals surface area contributed by atoms with Gasteiger partial charge in [0.15, 0.2) is 0 Å². The van der Waals surface area contributed by atoms with Gasteiger partial charge in [0.05, 0.1) is 5.92 Å². The van der Waals surface area contributed by atoms with Crippen LogP contribution in [0.3, 0.4) is 0 Å². The Labute approximate surface area is 149 Å². The average Bonchev–Trinajstić information content (AvgIpc) is 2.71.